The lowest BCUT2D eigenvalue weighted by atomic mass is 10.0. The highest BCUT2D eigenvalue weighted by Crippen LogP contribution is 2.36. The Balaban J connectivity index is 2.31. The van der Waals surface area contributed by atoms with Gasteiger partial charge in [0, 0.05) is 11.8 Å². The number of hydrogen-bond donors (Lipinski definition) is 1. The second kappa shape index (κ2) is 6.51. The van der Waals surface area contributed by atoms with Crippen molar-refractivity contribution in [2.24, 2.45) is 0 Å². The molecule has 2 rings (SSSR count). The maximum absolute atomic E-state index is 13.1. The normalized spacial score (nSPS) is 11.9. The van der Waals surface area contributed by atoms with E-state index in [1.54, 1.807) is 20.8 Å². The minimum Gasteiger partial charge on any atom is -0.444 e. The molecule has 1 heterocycles. The largest absolute Gasteiger partial charge is 0.444 e. The van der Waals surface area contributed by atoms with Gasteiger partial charge in [-0.15, -0.1) is 0 Å². The number of halogens is 3. The smallest absolute Gasteiger partial charge is 0.417 e. The molecule has 1 amide bonds. The molecule has 1 aromatic carbocycles. The molecule has 0 aliphatic rings. The molecule has 1 N–H and O–H groups in total. The fourth-order valence-electron chi connectivity index (χ4n) is 1.97. The van der Waals surface area contributed by atoms with Crippen LogP contribution in [0.4, 0.5) is 23.8 Å². The fraction of sp³-hybridized carbons (Fsp3) is 0.294. The summed E-state index contributed by atoms with van der Waals surface area (Å²) in [5, 5.41) is 2.40. The molecule has 0 atom stereocenters. The summed E-state index contributed by atoms with van der Waals surface area (Å²) < 4.78 is 44.4. The van der Waals surface area contributed by atoms with Crippen LogP contribution in [-0.2, 0) is 10.9 Å². The lowest BCUT2D eigenvalue weighted by Gasteiger charge is -2.19. The molecule has 0 spiro atoms. The summed E-state index contributed by atoms with van der Waals surface area (Å²) in [4.78, 5) is 15.7. The number of rotatable bonds is 2. The van der Waals surface area contributed by atoms with E-state index in [0.717, 1.165) is 6.07 Å². The third kappa shape index (κ3) is 4.71. The summed E-state index contributed by atoms with van der Waals surface area (Å²) in [6, 6.07) is 8.99. The van der Waals surface area contributed by atoms with E-state index >= 15 is 0 Å². The van der Waals surface area contributed by atoms with Crippen molar-refractivity contribution in [2.45, 2.75) is 32.5 Å². The Bertz CT molecular complexity index is 737. The number of carbonyl (C=O) groups is 1. The Labute approximate surface area is 137 Å². The van der Waals surface area contributed by atoms with Gasteiger partial charge in [-0.25, -0.2) is 9.78 Å². The standard InChI is InChI=1S/C17H16F3N2O2/c1-16(2,3)24-15(23)22-14-10-11(8-9-21-14)12-6-4-5-7-13(12)17(18,19)20/h4-5,7-10H,1-3H3,(H,21,22,23). The van der Waals surface area contributed by atoms with E-state index in [0.29, 0.717) is 0 Å². The van der Waals surface area contributed by atoms with Crippen LogP contribution in [0.3, 0.4) is 0 Å². The topological polar surface area (TPSA) is 51.2 Å². The molecular formula is C17H16F3N2O2. The second-order valence-electron chi connectivity index (χ2n) is 6.01. The van der Waals surface area contributed by atoms with E-state index in [9.17, 15) is 18.0 Å². The maximum atomic E-state index is 13.1. The number of hydrogen-bond acceptors (Lipinski definition) is 3. The highest BCUT2D eigenvalue weighted by atomic mass is 19.4. The summed E-state index contributed by atoms with van der Waals surface area (Å²) in [6.45, 7) is 5.10. The molecule has 0 saturated carbocycles. The minimum absolute atomic E-state index is 0.0899. The molecule has 2 aromatic rings. The molecule has 24 heavy (non-hydrogen) atoms. The molecule has 1 radical (unpaired) electrons. The van der Waals surface area contributed by atoms with Gasteiger partial charge in [-0.1, -0.05) is 12.1 Å². The first-order chi connectivity index (χ1) is 11.1. The van der Waals surface area contributed by atoms with Gasteiger partial charge >= 0.3 is 12.3 Å². The number of carbonyl (C=O) groups excluding carboxylic acids is 1. The summed E-state index contributed by atoms with van der Waals surface area (Å²) in [5.74, 6) is 0.0899. The highest BCUT2D eigenvalue weighted by molar-refractivity contribution is 5.84. The van der Waals surface area contributed by atoms with Crippen molar-refractivity contribution >= 4 is 11.9 Å². The third-order valence-electron chi connectivity index (χ3n) is 2.84. The van der Waals surface area contributed by atoms with Crippen LogP contribution in [0.25, 0.3) is 11.1 Å². The van der Waals surface area contributed by atoms with Crippen LogP contribution in [-0.4, -0.2) is 16.7 Å². The summed E-state index contributed by atoms with van der Waals surface area (Å²) in [6.07, 6.45) is -3.93. The number of nitrogens with zero attached hydrogens (tertiary/aromatic N) is 1. The van der Waals surface area contributed by atoms with Crippen LogP contribution in [0.5, 0.6) is 0 Å². The average Bonchev–Trinajstić information content (AvgIpc) is 2.44. The van der Waals surface area contributed by atoms with Crippen LogP contribution < -0.4 is 5.32 Å². The van der Waals surface area contributed by atoms with Gasteiger partial charge in [-0.05, 0) is 50.6 Å². The van der Waals surface area contributed by atoms with Crippen LogP contribution >= 0.6 is 0 Å². The van der Waals surface area contributed by atoms with Gasteiger partial charge < -0.3 is 4.74 Å². The fourth-order valence-corrected chi connectivity index (χ4v) is 1.97. The van der Waals surface area contributed by atoms with Crippen molar-refractivity contribution in [2.75, 3.05) is 5.32 Å². The predicted octanol–water partition coefficient (Wildman–Crippen LogP) is 4.91. The van der Waals surface area contributed by atoms with Crippen molar-refractivity contribution in [3.05, 3.63) is 48.2 Å². The Kier molecular flexibility index (Phi) is 4.82. The van der Waals surface area contributed by atoms with Crippen molar-refractivity contribution in [1.29, 1.82) is 0 Å². The maximum Gasteiger partial charge on any atom is 0.417 e. The van der Waals surface area contributed by atoms with Gasteiger partial charge in [0.05, 0.1) is 5.56 Å². The zero-order valence-corrected chi connectivity index (χ0v) is 13.4. The Morgan fingerprint density at radius 2 is 1.96 bits per heavy atom. The number of ether oxygens (including phenoxy) is 1. The predicted molar refractivity (Wildman–Crippen MR) is 83.4 cm³/mol. The van der Waals surface area contributed by atoms with Gasteiger partial charge in [0.15, 0.2) is 0 Å². The third-order valence-corrected chi connectivity index (χ3v) is 2.84. The van der Waals surface area contributed by atoms with Crippen LogP contribution in [0.1, 0.15) is 26.3 Å². The number of nitrogens with one attached hydrogen (secondary N) is 1. The molecule has 7 heteroatoms. The van der Waals surface area contributed by atoms with E-state index < -0.39 is 23.4 Å². The molecule has 1 aromatic heterocycles. The van der Waals surface area contributed by atoms with Crippen molar-refractivity contribution in [1.82, 2.24) is 4.98 Å². The molecule has 0 saturated heterocycles. The van der Waals surface area contributed by atoms with Crippen LogP contribution in [0, 0.1) is 6.07 Å². The first kappa shape index (κ1) is 17.8. The molecule has 4 nitrogen and oxygen atoms in total. The van der Waals surface area contributed by atoms with Gasteiger partial charge in [0.1, 0.15) is 11.4 Å². The van der Waals surface area contributed by atoms with Crippen molar-refractivity contribution < 1.29 is 22.7 Å². The van der Waals surface area contributed by atoms with Crippen molar-refractivity contribution in [3.8, 4) is 11.1 Å². The minimum atomic E-state index is -4.50. The number of amides is 1. The average molecular weight is 337 g/mol. The number of benzene rings is 1. The molecule has 0 fully saturated rings. The van der Waals surface area contributed by atoms with E-state index in [1.807, 2.05) is 0 Å². The van der Waals surface area contributed by atoms with E-state index in [4.69, 9.17) is 4.74 Å². The zero-order chi connectivity index (χ0) is 18.0. The van der Waals surface area contributed by atoms with E-state index in [2.05, 4.69) is 16.4 Å². The number of aromatic nitrogens is 1. The monoisotopic (exact) mass is 337 g/mol. The zero-order valence-electron chi connectivity index (χ0n) is 13.4. The van der Waals surface area contributed by atoms with Crippen molar-refractivity contribution in [3.63, 3.8) is 0 Å². The summed E-state index contributed by atoms with van der Waals surface area (Å²) in [7, 11) is 0. The Morgan fingerprint density at radius 1 is 1.25 bits per heavy atom. The van der Waals surface area contributed by atoms with Crippen LogP contribution in [0.15, 0.2) is 36.5 Å². The molecule has 127 valence electrons. The molecule has 0 aliphatic heterocycles. The SMILES string of the molecule is CC(C)(C)OC(=O)Nc1cc(-c2[c]cccc2C(F)(F)F)ccn1. The molecule has 0 aliphatic carbocycles. The quantitative estimate of drug-likeness (QED) is 0.847. The Hall–Kier alpha value is -2.57. The highest BCUT2D eigenvalue weighted by Gasteiger charge is 2.33. The van der Waals surface area contributed by atoms with E-state index in [1.165, 1.54) is 30.5 Å². The van der Waals surface area contributed by atoms with Gasteiger partial charge in [0.25, 0.3) is 0 Å². The number of anilines is 1. The molecule has 0 unspecified atom stereocenters. The lowest BCUT2D eigenvalue weighted by Crippen LogP contribution is -2.27. The van der Waals surface area contributed by atoms with Crippen LogP contribution in [0.2, 0.25) is 0 Å². The summed E-state index contributed by atoms with van der Waals surface area (Å²) >= 11 is 0. The summed E-state index contributed by atoms with van der Waals surface area (Å²) in [5.41, 5.74) is -1.37. The Morgan fingerprint density at radius 3 is 2.58 bits per heavy atom. The number of alkyl halides is 3. The van der Waals surface area contributed by atoms with Gasteiger partial charge in [-0.2, -0.15) is 13.2 Å². The van der Waals surface area contributed by atoms with Gasteiger partial charge in [-0.3, -0.25) is 5.32 Å². The molecule has 0 bridgehead atoms. The first-order valence-electron chi connectivity index (χ1n) is 7.10. The van der Waals surface area contributed by atoms with E-state index in [-0.39, 0.29) is 16.9 Å². The second-order valence-corrected chi connectivity index (χ2v) is 6.01. The van der Waals surface area contributed by atoms with Gasteiger partial charge in [0.2, 0.25) is 0 Å². The molecular weight excluding hydrogens is 321 g/mol. The first-order valence-corrected chi connectivity index (χ1v) is 7.10. The lowest BCUT2D eigenvalue weighted by molar-refractivity contribution is -0.137. The number of pyridine rings is 1.